The molecule has 0 saturated carbocycles. The molecule has 2 aromatic carbocycles. The number of carbonyl (C=O) groups is 2. The zero-order valence-electron chi connectivity index (χ0n) is 16.2. The molecular weight excluding hydrogens is 362 g/mol. The quantitative estimate of drug-likeness (QED) is 0.651. The Bertz CT molecular complexity index is 820. The standard InChI is InChI=1S/C21H25NO6/c1-26-17-7-5-4-6-14(17)9-11-20(23)22-16(13-21(24)25)15-8-10-18(27-2)19(12-15)28-3/h4-8,10,12,16H,9,11,13H2,1-3H3,(H,22,23)(H,24,25)/t16-/m0/s1. The molecule has 0 spiro atoms. The lowest BCUT2D eigenvalue weighted by Crippen LogP contribution is -2.30. The number of rotatable bonds is 10. The Balaban J connectivity index is 2.11. The summed E-state index contributed by atoms with van der Waals surface area (Å²) in [5.74, 6) is 0.468. The molecule has 0 aromatic heterocycles. The molecule has 0 heterocycles. The molecule has 0 fully saturated rings. The van der Waals surface area contributed by atoms with Crippen molar-refractivity contribution in [3.05, 3.63) is 53.6 Å². The van der Waals surface area contributed by atoms with E-state index in [-0.39, 0.29) is 18.7 Å². The van der Waals surface area contributed by atoms with Crippen LogP contribution >= 0.6 is 0 Å². The van der Waals surface area contributed by atoms with Gasteiger partial charge in [-0.2, -0.15) is 0 Å². The predicted molar refractivity (Wildman–Crippen MR) is 104 cm³/mol. The number of aliphatic carboxylic acids is 1. The van der Waals surface area contributed by atoms with E-state index in [4.69, 9.17) is 14.2 Å². The summed E-state index contributed by atoms with van der Waals surface area (Å²) in [5, 5.41) is 12.0. The summed E-state index contributed by atoms with van der Waals surface area (Å²) >= 11 is 0. The first-order chi connectivity index (χ1) is 13.5. The monoisotopic (exact) mass is 387 g/mol. The summed E-state index contributed by atoms with van der Waals surface area (Å²) in [7, 11) is 4.60. The van der Waals surface area contributed by atoms with Gasteiger partial charge in [-0.25, -0.2) is 0 Å². The fourth-order valence-corrected chi connectivity index (χ4v) is 2.92. The van der Waals surface area contributed by atoms with E-state index in [0.29, 0.717) is 23.5 Å². The average molecular weight is 387 g/mol. The van der Waals surface area contributed by atoms with Gasteiger partial charge in [0.1, 0.15) is 5.75 Å². The molecule has 0 aliphatic heterocycles. The van der Waals surface area contributed by atoms with E-state index < -0.39 is 12.0 Å². The molecular formula is C21H25NO6. The first-order valence-corrected chi connectivity index (χ1v) is 8.83. The smallest absolute Gasteiger partial charge is 0.305 e. The Hall–Kier alpha value is -3.22. The number of methoxy groups -OCH3 is 3. The maximum absolute atomic E-state index is 12.5. The Morgan fingerprint density at radius 3 is 2.29 bits per heavy atom. The highest BCUT2D eigenvalue weighted by molar-refractivity contribution is 5.78. The van der Waals surface area contributed by atoms with Crippen LogP contribution in [0.2, 0.25) is 0 Å². The number of carboxylic acids is 1. The lowest BCUT2D eigenvalue weighted by molar-refractivity contribution is -0.137. The minimum absolute atomic E-state index is 0.212. The predicted octanol–water partition coefficient (Wildman–Crippen LogP) is 2.98. The van der Waals surface area contributed by atoms with Crippen LogP contribution in [0.5, 0.6) is 17.2 Å². The van der Waals surface area contributed by atoms with E-state index in [1.165, 1.54) is 14.2 Å². The molecule has 0 aliphatic rings. The maximum atomic E-state index is 12.5. The Morgan fingerprint density at radius 1 is 0.964 bits per heavy atom. The van der Waals surface area contributed by atoms with Gasteiger partial charge in [0, 0.05) is 6.42 Å². The number of ether oxygens (including phenoxy) is 3. The van der Waals surface area contributed by atoms with Gasteiger partial charge in [-0.05, 0) is 35.7 Å². The van der Waals surface area contributed by atoms with Crippen LogP contribution in [-0.4, -0.2) is 38.3 Å². The topological polar surface area (TPSA) is 94.1 Å². The second-order valence-corrected chi connectivity index (χ2v) is 6.14. The van der Waals surface area contributed by atoms with Gasteiger partial charge in [-0.15, -0.1) is 0 Å². The minimum Gasteiger partial charge on any atom is -0.496 e. The molecule has 0 saturated heterocycles. The van der Waals surface area contributed by atoms with Crippen LogP contribution < -0.4 is 19.5 Å². The van der Waals surface area contributed by atoms with E-state index in [1.54, 1.807) is 25.3 Å². The van der Waals surface area contributed by atoms with Crippen LogP contribution in [0.4, 0.5) is 0 Å². The van der Waals surface area contributed by atoms with Gasteiger partial charge >= 0.3 is 5.97 Å². The van der Waals surface area contributed by atoms with Crippen molar-refractivity contribution >= 4 is 11.9 Å². The van der Waals surface area contributed by atoms with Crippen LogP contribution in [0.15, 0.2) is 42.5 Å². The zero-order valence-corrected chi connectivity index (χ0v) is 16.2. The molecule has 150 valence electrons. The number of benzene rings is 2. The van der Waals surface area contributed by atoms with Crippen molar-refractivity contribution in [2.45, 2.75) is 25.3 Å². The van der Waals surface area contributed by atoms with Crippen molar-refractivity contribution in [3.8, 4) is 17.2 Å². The molecule has 2 rings (SSSR count). The molecule has 2 N–H and O–H groups in total. The average Bonchev–Trinajstić information content (AvgIpc) is 2.71. The van der Waals surface area contributed by atoms with Crippen LogP contribution in [-0.2, 0) is 16.0 Å². The van der Waals surface area contributed by atoms with Gasteiger partial charge < -0.3 is 24.6 Å². The van der Waals surface area contributed by atoms with Crippen molar-refractivity contribution in [2.24, 2.45) is 0 Å². The number of para-hydroxylation sites is 1. The fourth-order valence-electron chi connectivity index (χ4n) is 2.92. The molecule has 7 heteroatoms. The first-order valence-electron chi connectivity index (χ1n) is 8.83. The number of carboxylic acid groups (broad SMARTS) is 1. The highest BCUT2D eigenvalue weighted by atomic mass is 16.5. The summed E-state index contributed by atoms with van der Waals surface area (Å²) < 4.78 is 15.8. The van der Waals surface area contributed by atoms with Crippen molar-refractivity contribution in [1.82, 2.24) is 5.32 Å². The number of aryl methyl sites for hydroxylation is 1. The van der Waals surface area contributed by atoms with E-state index in [2.05, 4.69) is 5.32 Å². The molecule has 1 atom stereocenters. The van der Waals surface area contributed by atoms with Crippen LogP contribution in [0.25, 0.3) is 0 Å². The number of nitrogens with one attached hydrogen (secondary N) is 1. The second kappa shape index (κ2) is 10.2. The van der Waals surface area contributed by atoms with Crippen LogP contribution in [0.3, 0.4) is 0 Å². The van der Waals surface area contributed by atoms with Crippen LogP contribution in [0, 0.1) is 0 Å². The normalized spacial score (nSPS) is 11.4. The van der Waals surface area contributed by atoms with Gasteiger partial charge in [0.15, 0.2) is 11.5 Å². The summed E-state index contributed by atoms with van der Waals surface area (Å²) in [4.78, 5) is 23.7. The fraction of sp³-hybridized carbons (Fsp3) is 0.333. The van der Waals surface area contributed by atoms with Crippen molar-refractivity contribution in [3.63, 3.8) is 0 Å². The van der Waals surface area contributed by atoms with Gasteiger partial charge in [-0.3, -0.25) is 9.59 Å². The zero-order chi connectivity index (χ0) is 20.5. The lowest BCUT2D eigenvalue weighted by Gasteiger charge is -2.19. The van der Waals surface area contributed by atoms with E-state index in [9.17, 15) is 14.7 Å². The van der Waals surface area contributed by atoms with Crippen molar-refractivity contribution in [1.29, 1.82) is 0 Å². The Kier molecular flexibility index (Phi) is 7.68. The third kappa shape index (κ3) is 5.64. The van der Waals surface area contributed by atoms with Crippen molar-refractivity contribution in [2.75, 3.05) is 21.3 Å². The molecule has 28 heavy (non-hydrogen) atoms. The number of hydrogen-bond donors (Lipinski definition) is 2. The lowest BCUT2D eigenvalue weighted by atomic mass is 10.0. The molecule has 1 amide bonds. The second-order valence-electron chi connectivity index (χ2n) is 6.14. The number of hydrogen-bond acceptors (Lipinski definition) is 5. The molecule has 0 aliphatic carbocycles. The maximum Gasteiger partial charge on any atom is 0.305 e. The summed E-state index contributed by atoms with van der Waals surface area (Å²) in [6.07, 6.45) is 0.460. The van der Waals surface area contributed by atoms with E-state index in [0.717, 1.165) is 11.3 Å². The van der Waals surface area contributed by atoms with Gasteiger partial charge in [-0.1, -0.05) is 24.3 Å². The Morgan fingerprint density at radius 2 is 1.64 bits per heavy atom. The highest BCUT2D eigenvalue weighted by Crippen LogP contribution is 2.31. The van der Waals surface area contributed by atoms with Crippen molar-refractivity contribution < 1.29 is 28.9 Å². The highest BCUT2D eigenvalue weighted by Gasteiger charge is 2.20. The summed E-state index contributed by atoms with van der Waals surface area (Å²) in [6.45, 7) is 0. The van der Waals surface area contributed by atoms with Crippen LogP contribution in [0.1, 0.15) is 30.0 Å². The largest absolute Gasteiger partial charge is 0.496 e. The summed E-state index contributed by atoms with van der Waals surface area (Å²) in [5.41, 5.74) is 1.55. The SMILES string of the molecule is COc1ccccc1CCC(=O)N[C@@H](CC(=O)O)c1ccc(OC)c(OC)c1. The third-order valence-electron chi connectivity index (χ3n) is 4.34. The van der Waals surface area contributed by atoms with E-state index in [1.807, 2.05) is 24.3 Å². The molecule has 2 aromatic rings. The van der Waals surface area contributed by atoms with Gasteiger partial charge in [0.25, 0.3) is 0 Å². The molecule has 0 unspecified atom stereocenters. The van der Waals surface area contributed by atoms with Gasteiger partial charge in [0.2, 0.25) is 5.91 Å². The minimum atomic E-state index is -1.01. The number of carbonyl (C=O) groups excluding carboxylic acids is 1. The Labute approximate surface area is 164 Å². The molecule has 7 nitrogen and oxygen atoms in total. The molecule has 0 radical (unpaired) electrons. The van der Waals surface area contributed by atoms with E-state index >= 15 is 0 Å². The molecule has 0 bridgehead atoms. The number of amides is 1. The first kappa shape index (κ1) is 21.1. The summed E-state index contributed by atoms with van der Waals surface area (Å²) in [6, 6.07) is 11.9. The van der Waals surface area contributed by atoms with Gasteiger partial charge in [0.05, 0.1) is 33.8 Å². The third-order valence-corrected chi connectivity index (χ3v) is 4.34.